The molecule has 1 fully saturated rings. The topological polar surface area (TPSA) is 71.2 Å². The third kappa shape index (κ3) is 3.26. The van der Waals surface area contributed by atoms with Gasteiger partial charge in [-0.2, -0.15) is 5.26 Å². The summed E-state index contributed by atoms with van der Waals surface area (Å²) in [6, 6.07) is 9.11. The molecule has 0 spiro atoms. The maximum Gasteiger partial charge on any atom is 0.242 e. The van der Waals surface area contributed by atoms with Crippen LogP contribution in [0.3, 0.4) is 0 Å². The first-order valence-electron chi connectivity index (χ1n) is 7.16. The molecule has 22 heavy (non-hydrogen) atoms. The molecule has 1 aliphatic heterocycles. The lowest BCUT2D eigenvalue weighted by atomic mass is 10.3. The van der Waals surface area contributed by atoms with Crippen molar-refractivity contribution in [3.8, 4) is 11.9 Å². The summed E-state index contributed by atoms with van der Waals surface area (Å²) in [6.07, 6.45) is 6.00. The number of likely N-dealkylation sites (tertiary alicyclic amines) is 1. The fourth-order valence-electron chi connectivity index (χ4n) is 2.50. The van der Waals surface area contributed by atoms with Gasteiger partial charge >= 0.3 is 0 Å². The van der Waals surface area contributed by atoms with Gasteiger partial charge in [0.1, 0.15) is 12.6 Å². The second-order valence-electron chi connectivity index (χ2n) is 5.22. The van der Waals surface area contributed by atoms with Crippen LogP contribution in [0.15, 0.2) is 42.9 Å². The summed E-state index contributed by atoms with van der Waals surface area (Å²) in [5, 5.41) is 8.87. The molecule has 112 valence electrons. The monoisotopic (exact) mass is 296 g/mol. The van der Waals surface area contributed by atoms with Gasteiger partial charge in [0.15, 0.2) is 0 Å². The molecule has 1 aliphatic rings. The minimum atomic E-state index is -0.0740. The molecule has 0 N–H and O–H groups in total. The number of carbonyl (C=O) groups is 1. The predicted molar refractivity (Wildman–Crippen MR) is 79.0 cm³/mol. The van der Waals surface area contributed by atoms with E-state index in [1.54, 1.807) is 23.2 Å². The summed E-state index contributed by atoms with van der Waals surface area (Å²) in [7, 11) is 0. The molecule has 1 saturated heterocycles. The van der Waals surface area contributed by atoms with E-state index in [0.717, 1.165) is 6.42 Å². The van der Waals surface area contributed by atoms with Crippen LogP contribution in [0.2, 0.25) is 0 Å². The molecule has 1 unspecified atom stereocenters. The first kappa shape index (κ1) is 14.1. The number of nitriles is 1. The van der Waals surface area contributed by atoms with E-state index >= 15 is 0 Å². The highest BCUT2D eigenvalue weighted by atomic mass is 16.5. The molecule has 6 heteroatoms. The molecule has 0 bridgehead atoms. The van der Waals surface area contributed by atoms with Crippen molar-refractivity contribution in [2.75, 3.05) is 13.1 Å². The summed E-state index contributed by atoms with van der Waals surface area (Å²) >= 11 is 0. The number of amides is 1. The summed E-state index contributed by atoms with van der Waals surface area (Å²) in [5.41, 5.74) is 0.517. The molecule has 6 nitrogen and oxygen atoms in total. The Morgan fingerprint density at radius 2 is 2.27 bits per heavy atom. The summed E-state index contributed by atoms with van der Waals surface area (Å²) in [4.78, 5) is 18.1. The standard InChI is InChI=1S/C16H16N4O2/c17-10-13-3-5-18-15(9-13)22-14-4-8-20(11-14)16(21)12-19-6-1-2-7-19/h1-3,5-7,9,14H,4,8,11-12H2. The van der Waals surface area contributed by atoms with Crippen molar-refractivity contribution < 1.29 is 9.53 Å². The predicted octanol–water partition coefficient (Wildman–Crippen LogP) is 1.43. The van der Waals surface area contributed by atoms with Crippen LogP contribution in [0.5, 0.6) is 5.88 Å². The Bertz CT molecular complexity index is 690. The van der Waals surface area contributed by atoms with Gasteiger partial charge in [0.25, 0.3) is 0 Å². The highest BCUT2D eigenvalue weighted by Gasteiger charge is 2.27. The van der Waals surface area contributed by atoms with Crippen LogP contribution in [-0.4, -0.2) is 39.6 Å². The Balaban J connectivity index is 1.55. The number of hydrogen-bond acceptors (Lipinski definition) is 4. The molecule has 0 aliphatic carbocycles. The SMILES string of the molecule is N#Cc1ccnc(OC2CCN(C(=O)Cn3cccc3)C2)c1. The molecule has 2 aromatic rings. The number of aromatic nitrogens is 2. The maximum atomic E-state index is 12.2. The van der Waals surface area contributed by atoms with Crippen molar-refractivity contribution in [1.82, 2.24) is 14.5 Å². The second kappa shape index (κ2) is 6.31. The molecule has 2 aromatic heterocycles. The Morgan fingerprint density at radius 1 is 1.45 bits per heavy atom. The van der Waals surface area contributed by atoms with Gasteiger partial charge in [0.2, 0.25) is 11.8 Å². The maximum absolute atomic E-state index is 12.2. The van der Waals surface area contributed by atoms with Crippen molar-refractivity contribution in [2.24, 2.45) is 0 Å². The van der Waals surface area contributed by atoms with Crippen LogP contribution < -0.4 is 4.74 Å². The van der Waals surface area contributed by atoms with Gasteiger partial charge in [0.05, 0.1) is 18.2 Å². The number of rotatable bonds is 4. The lowest BCUT2D eigenvalue weighted by Gasteiger charge is -2.17. The van der Waals surface area contributed by atoms with Crippen molar-refractivity contribution in [3.05, 3.63) is 48.4 Å². The average Bonchev–Trinajstić information content (AvgIpc) is 3.19. The zero-order valence-corrected chi connectivity index (χ0v) is 12.1. The van der Waals surface area contributed by atoms with Crippen LogP contribution >= 0.6 is 0 Å². The molecule has 1 amide bonds. The number of ether oxygens (including phenoxy) is 1. The average molecular weight is 296 g/mol. The Kier molecular flexibility index (Phi) is 4.05. The van der Waals surface area contributed by atoms with Gasteiger partial charge in [-0.3, -0.25) is 4.79 Å². The van der Waals surface area contributed by atoms with Gasteiger partial charge in [-0.25, -0.2) is 4.98 Å². The van der Waals surface area contributed by atoms with Crippen LogP contribution in [0.1, 0.15) is 12.0 Å². The van der Waals surface area contributed by atoms with Crippen molar-refractivity contribution >= 4 is 5.91 Å². The van der Waals surface area contributed by atoms with Gasteiger partial charge in [-0.05, 0) is 18.2 Å². The van der Waals surface area contributed by atoms with E-state index in [-0.39, 0.29) is 12.0 Å². The Labute approximate surface area is 128 Å². The van der Waals surface area contributed by atoms with Crippen molar-refractivity contribution in [1.29, 1.82) is 5.26 Å². The number of carbonyl (C=O) groups excluding carboxylic acids is 1. The van der Waals surface area contributed by atoms with Crippen LogP contribution in [0, 0.1) is 11.3 Å². The third-order valence-corrected chi connectivity index (χ3v) is 3.63. The fourth-order valence-corrected chi connectivity index (χ4v) is 2.50. The zero-order chi connectivity index (χ0) is 15.4. The van der Waals surface area contributed by atoms with Gasteiger partial charge in [-0.15, -0.1) is 0 Å². The highest BCUT2D eigenvalue weighted by molar-refractivity contribution is 5.76. The fraction of sp³-hybridized carbons (Fsp3) is 0.312. The van der Waals surface area contributed by atoms with E-state index < -0.39 is 0 Å². The van der Waals surface area contributed by atoms with Gasteiger partial charge in [0, 0.05) is 37.6 Å². The molecule has 1 atom stereocenters. The molecule has 3 rings (SSSR count). The molecular formula is C16H16N4O2. The van der Waals surface area contributed by atoms with E-state index in [1.165, 1.54) is 0 Å². The minimum Gasteiger partial charge on any atom is -0.472 e. The Hall–Kier alpha value is -2.81. The second-order valence-corrected chi connectivity index (χ2v) is 5.22. The van der Waals surface area contributed by atoms with E-state index in [0.29, 0.717) is 31.1 Å². The van der Waals surface area contributed by atoms with E-state index in [9.17, 15) is 4.79 Å². The van der Waals surface area contributed by atoms with Gasteiger partial charge < -0.3 is 14.2 Å². The molecule has 3 heterocycles. The third-order valence-electron chi connectivity index (χ3n) is 3.63. The minimum absolute atomic E-state index is 0.0740. The summed E-state index contributed by atoms with van der Waals surface area (Å²) < 4.78 is 7.63. The molecular weight excluding hydrogens is 280 g/mol. The first-order valence-corrected chi connectivity index (χ1v) is 7.16. The van der Waals surface area contributed by atoms with E-state index in [2.05, 4.69) is 11.1 Å². The zero-order valence-electron chi connectivity index (χ0n) is 12.1. The molecule has 0 radical (unpaired) electrons. The van der Waals surface area contributed by atoms with Crippen LogP contribution in [-0.2, 0) is 11.3 Å². The molecule has 0 saturated carbocycles. The Morgan fingerprint density at radius 3 is 3.05 bits per heavy atom. The van der Waals surface area contributed by atoms with Crippen molar-refractivity contribution in [3.63, 3.8) is 0 Å². The van der Waals surface area contributed by atoms with Crippen LogP contribution in [0.4, 0.5) is 0 Å². The smallest absolute Gasteiger partial charge is 0.242 e. The number of pyridine rings is 1. The number of nitrogens with zero attached hydrogens (tertiary/aromatic N) is 4. The number of hydrogen-bond donors (Lipinski definition) is 0. The first-order chi connectivity index (χ1) is 10.7. The quantitative estimate of drug-likeness (QED) is 0.856. The van der Waals surface area contributed by atoms with E-state index in [4.69, 9.17) is 10.00 Å². The summed E-state index contributed by atoms with van der Waals surface area (Å²) in [5.74, 6) is 0.518. The molecule has 0 aromatic carbocycles. The van der Waals surface area contributed by atoms with Crippen molar-refractivity contribution in [2.45, 2.75) is 19.1 Å². The van der Waals surface area contributed by atoms with Crippen LogP contribution in [0.25, 0.3) is 0 Å². The normalized spacial score (nSPS) is 17.2. The van der Waals surface area contributed by atoms with Gasteiger partial charge in [-0.1, -0.05) is 0 Å². The lowest BCUT2D eigenvalue weighted by Crippen LogP contribution is -2.33. The summed E-state index contributed by atoms with van der Waals surface area (Å²) in [6.45, 7) is 1.59. The van der Waals surface area contributed by atoms with E-state index in [1.807, 2.05) is 29.1 Å². The lowest BCUT2D eigenvalue weighted by molar-refractivity contribution is -0.131. The largest absolute Gasteiger partial charge is 0.472 e. The highest BCUT2D eigenvalue weighted by Crippen LogP contribution is 2.17.